The van der Waals surface area contributed by atoms with Gasteiger partial charge in [-0.15, -0.1) is 0 Å². The Bertz CT molecular complexity index is 255. The van der Waals surface area contributed by atoms with Crippen molar-refractivity contribution in [2.45, 2.75) is 38.0 Å². The van der Waals surface area contributed by atoms with Crippen LogP contribution < -0.4 is 5.73 Å². The summed E-state index contributed by atoms with van der Waals surface area (Å²) in [6.45, 7) is 0.815. The standard InChI is InChI=1S/C12H19NO/c13-8-10-4-2-1-3-5-12(10)11-6-7-14-9-11/h6-7,9-10,12H,1-5,8,13H2. The first kappa shape index (κ1) is 9.78. The van der Waals surface area contributed by atoms with Crippen molar-refractivity contribution in [3.05, 3.63) is 24.2 Å². The summed E-state index contributed by atoms with van der Waals surface area (Å²) in [5, 5.41) is 0. The Labute approximate surface area is 85.5 Å². The Hall–Kier alpha value is -0.760. The highest BCUT2D eigenvalue weighted by Crippen LogP contribution is 2.35. The summed E-state index contributed by atoms with van der Waals surface area (Å²) in [6, 6.07) is 2.10. The molecule has 1 aliphatic rings. The Kier molecular flexibility index (Phi) is 3.25. The summed E-state index contributed by atoms with van der Waals surface area (Å²) in [4.78, 5) is 0. The quantitative estimate of drug-likeness (QED) is 0.733. The molecule has 2 nitrogen and oxygen atoms in total. The van der Waals surface area contributed by atoms with E-state index in [-0.39, 0.29) is 0 Å². The molecule has 0 saturated heterocycles. The first-order valence-electron chi connectivity index (χ1n) is 5.64. The highest BCUT2D eigenvalue weighted by molar-refractivity contribution is 5.14. The number of furan rings is 1. The van der Waals surface area contributed by atoms with E-state index < -0.39 is 0 Å². The van der Waals surface area contributed by atoms with E-state index >= 15 is 0 Å². The number of nitrogens with two attached hydrogens (primary N) is 1. The minimum atomic E-state index is 0.640. The molecule has 0 aliphatic heterocycles. The average Bonchev–Trinajstić information content (AvgIpc) is 2.63. The van der Waals surface area contributed by atoms with Gasteiger partial charge in [0, 0.05) is 0 Å². The molecule has 1 fully saturated rings. The molecule has 2 heteroatoms. The van der Waals surface area contributed by atoms with Crippen molar-refractivity contribution >= 4 is 0 Å². The van der Waals surface area contributed by atoms with Crippen LogP contribution in [0.25, 0.3) is 0 Å². The molecule has 14 heavy (non-hydrogen) atoms. The van der Waals surface area contributed by atoms with Crippen LogP contribution in [0.5, 0.6) is 0 Å². The maximum Gasteiger partial charge on any atom is 0.0937 e. The van der Waals surface area contributed by atoms with Crippen molar-refractivity contribution in [1.82, 2.24) is 0 Å². The van der Waals surface area contributed by atoms with Gasteiger partial charge in [0.25, 0.3) is 0 Å². The molecule has 0 radical (unpaired) electrons. The molecule has 2 atom stereocenters. The van der Waals surface area contributed by atoms with Crippen LogP contribution in [0.1, 0.15) is 43.6 Å². The van der Waals surface area contributed by atoms with Gasteiger partial charge < -0.3 is 10.2 Å². The van der Waals surface area contributed by atoms with E-state index in [9.17, 15) is 0 Å². The van der Waals surface area contributed by atoms with Crippen LogP contribution in [0.4, 0.5) is 0 Å². The third-order valence-electron chi connectivity index (χ3n) is 3.43. The minimum Gasteiger partial charge on any atom is -0.472 e. The minimum absolute atomic E-state index is 0.640. The molecule has 0 spiro atoms. The molecule has 2 N–H and O–H groups in total. The monoisotopic (exact) mass is 193 g/mol. The molecule has 1 saturated carbocycles. The second-order valence-corrected chi connectivity index (χ2v) is 4.30. The van der Waals surface area contributed by atoms with Gasteiger partial charge in [-0.1, -0.05) is 19.3 Å². The SMILES string of the molecule is NCC1CCCCCC1c1ccoc1. The van der Waals surface area contributed by atoms with Gasteiger partial charge in [0.2, 0.25) is 0 Å². The lowest BCUT2D eigenvalue weighted by Gasteiger charge is -2.22. The van der Waals surface area contributed by atoms with Gasteiger partial charge in [0.05, 0.1) is 12.5 Å². The third kappa shape index (κ3) is 2.01. The highest BCUT2D eigenvalue weighted by Gasteiger charge is 2.24. The van der Waals surface area contributed by atoms with E-state index in [2.05, 4.69) is 6.07 Å². The van der Waals surface area contributed by atoms with Crippen molar-refractivity contribution in [2.75, 3.05) is 6.54 Å². The molecule has 0 amide bonds. The first-order chi connectivity index (χ1) is 6.92. The fourth-order valence-electron chi connectivity index (χ4n) is 2.59. The Balaban J connectivity index is 2.12. The smallest absolute Gasteiger partial charge is 0.0937 e. The predicted octanol–water partition coefficient (Wildman–Crippen LogP) is 2.90. The van der Waals surface area contributed by atoms with Gasteiger partial charge in [0.1, 0.15) is 0 Å². The Morgan fingerprint density at radius 1 is 1.29 bits per heavy atom. The number of hydrogen-bond donors (Lipinski definition) is 1. The molecular formula is C12H19NO. The van der Waals surface area contributed by atoms with Crippen molar-refractivity contribution in [1.29, 1.82) is 0 Å². The summed E-state index contributed by atoms with van der Waals surface area (Å²) in [5.74, 6) is 1.30. The summed E-state index contributed by atoms with van der Waals surface area (Å²) >= 11 is 0. The van der Waals surface area contributed by atoms with E-state index in [1.165, 1.54) is 37.7 Å². The molecule has 2 rings (SSSR count). The van der Waals surface area contributed by atoms with Crippen LogP contribution >= 0.6 is 0 Å². The number of rotatable bonds is 2. The van der Waals surface area contributed by atoms with E-state index in [0.29, 0.717) is 11.8 Å². The molecule has 0 bridgehead atoms. The maximum absolute atomic E-state index is 5.84. The van der Waals surface area contributed by atoms with Crippen LogP contribution in [0.2, 0.25) is 0 Å². The van der Waals surface area contributed by atoms with Crippen molar-refractivity contribution in [3.8, 4) is 0 Å². The van der Waals surface area contributed by atoms with Crippen LogP contribution in [0.3, 0.4) is 0 Å². The fraction of sp³-hybridized carbons (Fsp3) is 0.667. The first-order valence-corrected chi connectivity index (χ1v) is 5.64. The van der Waals surface area contributed by atoms with Crippen LogP contribution in [-0.2, 0) is 0 Å². The highest BCUT2D eigenvalue weighted by atomic mass is 16.3. The van der Waals surface area contributed by atoms with Crippen LogP contribution in [-0.4, -0.2) is 6.54 Å². The molecule has 78 valence electrons. The summed E-state index contributed by atoms with van der Waals surface area (Å²) in [6.07, 6.45) is 10.3. The van der Waals surface area contributed by atoms with Crippen molar-refractivity contribution in [2.24, 2.45) is 11.7 Å². The van der Waals surface area contributed by atoms with E-state index in [1.54, 1.807) is 6.26 Å². The van der Waals surface area contributed by atoms with Gasteiger partial charge in [-0.25, -0.2) is 0 Å². The maximum atomic E-state index is 5.84. The molecule has 1 heterocycles. The van der Waals surface area contributed by atoms with Crippen LogP contribution in [0.15, 0.2) is 23.0 Å². The molecular weight excluding hydrogens is 174 g/mol. The molecule has 0 aromatic carbocycles. The van der Waals surface area contributed by atoms with Gasteiger partial charge in [-0.2, -0.15) is 0 Å². The van der Waals surface area contributed by atoms with E-state index in [4.69, 9.17) is 10.2 Å². The normalized spacial score (nSPS) is 28.6. The zero-order valence-corrected chi connectivity index (χ0v) is 8.61. The predicted molar refractivity (Wildman–Crippen MR) is 57.1 cm³/mol. The lowest BCUT2D eigenvalue weighted by molar-refractivity contribution is 0.405. The average molecular weight is 193 g/mol. The van der Waals surface area contributed by atoms with Gasteiger partial charge in [0.15, 0.2) is 0 Å². The molecule has 1 aliphatic carbocycles. The lowest BCUT2D eigenvalue weighted by atomic mass is 9.84. The van der Waals surface area contributed by atoms with Crippen molar-refractivity contribution < 1.29 is 4.42 Å². The van der Waals surface area contributed by atoms with Gasteiger partial charge in [-0.3, -0.25) is 0 Å². The molecule has 2 unspecified atom stereocenters. The second-order valence-electron chi connectivity index (χ2n) is 4.30. The van der Waals surface area contributed by atoms with Crippen molar-refractivity contribution in [3.63, 3.8) is 0 Å². The number of hydrogen-bond acceptors (Lipinski definition) is 2. The van der Waals surface area contributed by atoms with E-state index in [0.717, 1.165) is 6.54 Å². The third-order valence-corrected chi connectivity index (χ3v) is 3.43. The zero-order valence-electron chi connectivity index (χ0n) is 8.61. The van der Waals surface area contributed by atoms with E-state index in [1.807, 2.05) is 6.26 Å². The van der Waals surface area contributed by atoms with Gasteiger partial charge >= 0.3 is 0 Å². The summed E-state index contributed by atoms with van der Waals surface area (Å²) in [5.41, 5.74) is 7.19. The summed E-state index contributed by atoms with van der Waals surface area (Å²) in [7, 11) is 0. The molecule has 1 aromatic heterocycles. The Morgan fingerprint density at radius 2 is 2.14 bits per heavy atom. The fourth-order valence-corrected chi connectivity index (χ4v) is 2.59. The topological polar surface area (TPSA) is 39.2 Å². The van der Waals surface area contributed by atoms with Gasteiger partial charge in [-0.05, 0) is 42.9 Å². The van der Waals surface area contributed by atoms with Crippen LogP contribution in [0, 0.1) is 5.92 Å². The zero-order chi connectivity index (χ0) is 9.80. The summed E-state index contributed by atoms with van der Waals surface area (Å²) < 4.78 is 5.16. The molecule has 1 aromatic rings. The largest absolute Gasteiger partial charge is 0.472 e. The Morgan fingerprint density at radius 3 is 2.86 bits per heavy atom. The lowest BCUT2D eigenvalue weighted by Crippen LogP contribution is -2.20. The second kappa shape index (κ2) is 4.65.